The third-order valence-electron chi connectivity index (χ3n) is 2.19. The zero-order chi connectivity index (χ0) is 11.6. The van der Waals surface area contributed by atoms with Gasteiger partial charge in [-0.05, 0) is 17.7 Å². The van der Waals surface area contributed by atoms with Crippen LogP contribution in [-0.2, 0) is 10.0 Å². The summed E-state index contributed by atoms with van der Waals surface area (Å²) in [5.74, 6) is 0. The molecule has 1 radical (unpaired) electrons. The molecular weight excluding hydrogens is 222 g/mol. The fourth-order valence-electron chi connectivity index (χ4n) is 1.49. The Morgan fingerprint density at radius 3 is 2.31 bits per heavy atom. The van der Waals surface area contributed by atoms with Crippen molar-refractivity contribution in [3.63, 3.8) is 0 Å². The van der Waals surface area contributed by atoms with Crippen LogP contribution in [0.1, 0.15) is 0 Å². The van der Waals surface area contributed by atoms with E-state index in [1.54, 1.807) is 12.1 Å². The van der Waals surface area contributed by atoms with Gasteiger partial charge in [0, 0.05) is 5.56 Å². The summed E-state index contributed by atoms with van der Waals surface area (Å²) in [5.41, 5.74) is 1.29. The second-order valence-corrected chi connectivity index (χ2v) is 4.85. The second-order valence-electron chi connectivity index (χ2n) is 3.32. The highest BCUT2D eigenvalue weighted by molar-refractivity contribution is 7.89. The average Bonchev–Trinajstić information content (AvgIpc) is 2.29. The zero-order valence-corrected chi connectivity index (χ0v) is 9.24. The Morgan fingerprint density at radius 2 is 1.69 bits per heavy atom. The Morgan fingerprint density at radius 1 is 1.00 bits per heavy atom. The summed E-state index contributed by atoms with van der Waals surface area (Å²) in [6.45, 7) is 0. The summed E-state index contributed by atoms with van der Waals surface area (Å²) in [6, 6.07) is 16.8. The van der Waals surface area contributed by atoms with Gasteiger partial charge in [-0.15, -0.1) is 0 Å². The van der Waals surface area contributed by atoms with Crippen molar-refractivity contribution < 1.29 is 8.42 Å². The van der Waals surface area contributed by atoms with Crippen LogP contribution in [0.4, 0.5) is 0 Å². The molecular formula is C12H10NO2S. The summed E-state index contributed by atoms with van der Waals surface area (Å²) >= 11 is 0. The molecule has 0 aliphatic heterocycles. The Hall–Kier alpha value is -1.65. The maximum absolute atomic E-state index is 11.4. The molecule has 0 fully saturated rings. The van der Waals surface area contributed by atoms with Crippen LogP contribution in [0, 0.1) is 6.07 Å². The van der Waals surface area contributed by atoms with Crippen molar-refractivity contribution in [1.82, 2.24) is 0 Å². The zero-order valence-electron chi connectivity index (χ0n) is 8.42. The van der Waals surface area contributed by atoms with Crippen molar-refractivity contribution in [2.45, 2.75) is 4.90 Å². The molecule has 0 atom stereocenters. The molecule has 2 N–H and O–H groups in total. The third kappa shape index (κ3) is 2.13. The highest BCUT2D eigenvalue weighted by Gasteiger charge is 2.13. The maximum atomic E-state index is 11.4. The van der Waals surface area contributed by atoms with Gasteiger partial charge in [-0.25, -0.2) is 13.6 Å². The topological polar surface area (TPSA) is 60.2 Å². The number of sulfonamides is 1. The van der Waals surface area contributed by atoms with Gasteiger partial charge >= 0.3 is 0 Å². The standard InChI is InChI=1S/C12H10NO2S/c13-16(14,15)12-9-5-4-8-11(12)10-6-2-1-3-7-10/h1-7,9H,(H2,13,14,15). The van der Waals surface area contributed by atoms with E-state index in [1.807, 2.05) is 30.3 Å². The van der Waals surface area contributed by atoms with E-state index < -0.39 is 10.0 Å². The molecule has 0 aliphatic rings. The molecule has 3 nitrogen and oxygen atoms in total. The van der Waals surface area contributed by atoms with Crippen LogP contribution >= 0.6 is 0 Å². The van der Waals surface area contributed by atoms with E-state index in [1.165, 1.54) is 6.07 Å². The van der Waals surface area contributed by atoms with E-state index in [4.69, 9.17) is 5.14 Å². The first-order chi connectivity index (χ1) is 7.59. The van der Waals surface area contributed by atoms with E-state index in [-0.39, 0.29) is 4.90 Å². The summed E-state index contributed by atoms with van der Waals surface area (Å²) in [5, 5.41) is 5.15. The fourth-order valence-corrected chi connectivity index (χ4v) is 2.22. The van der Waals surface area contributed by atoms with E-state index in [2.05, 4.69) is 6.07 Å². The maximum Gasteiger partial charge on any atom is 0.238 e. The molecule has 0 unspecified atom stereocenters. The monoisotopic (exact) mass is 232 g/mol. The molecule has 0 aromatic heterocycles. The average molecular weight is 232 g/mol. The molecule has 0 saturated carbocycles. The summed E-state index contributed by atoms with van der Waals surface area (Å²) < 4.78 is 22.8. The lowest BCUT2D eigenvalue weighted by atomic mass is 10.1. The minimum Gasteiger partial charge on any atom is -0.225 e. The van der Waals surface area contributed by atoms with Crippen molar-refractivity contribution in [3.8, 4) is 11.1 Å². The number of rotatable bonds is 2. The first kappa shape index (κ1) is 10.9. The highest BCUT2D eigenvalue weighted by atomic mass is 32.2. The van der Waals surface area contributed by atoms with E-state index in [0.29, 0.717) is 5.56 Å². The SMILES string of the molecule is NS(=O)(=O)c1ccc[c]c1-c1ccccc1. The summed E-state index contributed by atoms with van der Waals surface area (Å²) in [7, 11) is -3.71. The predicted molar refractivity (Wildman–Crippen MR) is 62.1 cm³/mol. The smallest absolute Gasteiger partial charge is 0.225 e. The van der Waals surface area contributed by atoms with Crippen LogP contribution in [0.3, 0.4) is 0 Å². The van der Waals surface area contributed by atoms with E-state index in [0.717, 1.165) is 5.56 Å². The molecule has 0 saturated heterocycles. The molecule has 2 rings (SSSR count). The van der Waals surface area contributed by atoms with Gasteiger partial charge in [0.1, 0.15) is 0 Å². The molecule has 2 aromatic rings. The van der Waals surface area contributed by atoms with Gasteiger partial charge in [-0.1, -0.05) is 42.5 Å². The minimum absolute atomic E-state index is 0.0983. The third-order valence-corrected chi connectivity index (χ3v) is 3.14. The Bertz CT molecular complexity index is 591. The number of benzene rings is 2. The molecule has 0 amide bonds. The molecule has 4 heteroatoms. The second kappa shape index (κ2) is 4.08. The summed E-state index contributed by atoms with van der Waals surface area (Å²) in [6.07, 6.45) is 0. The van der Waals surface area contributed by atoms with Crippen molar-refractivity contribution in [2.24, 2.45) is 5.14 Å². The number of hydrogen-bond acceptors (Lipinski definition) is 2. The van der Waals surface area contributed by atoms with Crippen LogP contribution in [0.2, 0.25) is 0 Å². The van der Waals surface area contributed by atoms with E-state index >= 15 is 0 Å². The van der Waals surface area contributed by atoms with Crippen LogP contribution in [-0.4, -0.2) is 8.42 Å². The molecule has 0 heterocycles. The van der Waals surface area contributed by atoms with E-state index in [9.17, 15) is 8.42 Å². The van der Waals surface area contributed by atoms with Crippen molar-refractivity contribution in [3.05, 3.63) is 54.6 Å². The number of hydrogen-bond donors (Lipinski definition) is 1. The van der Waals surface area contributed by atoms with Gasteiger partial charge in [0.25, 0.3) is 0 Å². The van der Waals surface area contributed by atoms with Gasteiger partial charge in [-0.2, -0.15) is 0 Å². The number of primary sulfonamides is 1. The van der Waals surface area contributed by atoms with Crippen molar-refractivity contribution in [1.29, 1.82) is 0 Å². The molecule has 2 aromatic carbocycles. The fraction of sp³-hybridized carbons (Fsp3) is 0. The lowest BCUT2D eigenvalue weighted by molar-refractivity contribution is 0.598. The Labute approximate surface area is 94.6 Å². The lowest BCUT2D eigenvalue weighted by Gasteiger charge is -2.06. The van der Waals surface area contributed by atoms with Crippen molar-refractivity contribution >= 4 is 10.0 Å². The van der Waals surface area contributed by atoms with Gasteiger partial charge in [0.2, 0.25) is 10.0 Å². The molecule has 16 heavy (non-hydrogen) atoms. The molecule has 0 bridgehead atoms. The Balaban J connectivity index is 2.68. The molecule has 81 valence electrons. The predicted octanol–water partition coefficient (Wildman–Crippen LogP) is 1.80. The lowest BCUT2D eigenvalue weighted by Crippen LogP contribution is -2.13. The van der Waals surface area contributed by atoms with Gasteiger partial charge in [0.05, 0.1) is 4.90 Å². The van der Waals surface area contributed by atoms with Crippen LogP contribution in [0.5, 0.6) is 0 Å². The Kier molecular flexibility index (Phi) is 2.77. The largest absolute Gasteiger partial charge is 0.238 e. The van der Waals surface area contributed by atoms with Gasteiger partial charge in [-0.3, -0.25) is 0 Å². The van der Waals surface area contributed by atoms with Crippen LogP contribution in [0.15, 0.2) is 53.4 Å². The molecule has 0 aliphatic carbocycles. The van der Waals surface area contributed by atoms with Gasteiger partial charge in [0.15, 0.2) is 0 Å². The number of nitrogens with two attached hydrogens (primary N) is 1. The first-order valence-electron chi connectivity index (χ1n) is 4.68. The van der Waals surface area contributed by atoms with Crippen LogP contribution < -0.4 is 5.14 Å². The minimum atomic E-state index is -3.71. The van der Waals surface area contributed by atoms with Gasteiger partial charge < -0.3 is 0 Å². The quantitative estimate of drug-likeness (QED) is 0.858. The molecule has 0 spiro atoms. The summed E-state index contributed by atoms with van der Waals surface area (Å²) in [4.78, 5) is 0.0983. The first-order valence-corrected chi connectivity index (χ1v) is 6.22. The van der Waals surface area contributed by atoms with Crippen molar-refractivity contribution in [2.75, 3.05) is 0 Å². The van der Waals surface area contributed by atoms with Crippen LogP contribution in [0.25, 0.3) is 11.1 Å². The normalized spacial score (nSPS) is 11.3. The highest BCUT2D eigenvalue weighted by Crippen LogP contribution is 2.25.